The Morgan fingerprint density at radius 1 is 0.773 bits per heavy atom. The van der Waals surface area contributed by atoms with Crippen LogP contribution in [0.2, 0.25) is 0 Å². The lowest BCUT2D eigenvalue weighted by atomic mass is 9.86. The maximum absolute atomic E-state index is 12.6. The molecule has 2 fully saturated rings. The Labute approximate surface area is 133 Å². The fourth-order valence-electron chi connectivity index (χ4n) is 3.80. The van der Waals surface area contributed by atoms with Gasteiger partial charge in [-0.25, -0.2) is 4.79 Å². The fraction of sp³-hybridized carbons (Fsp3) is 0.889. The van der Waals surface area contributed by atoms with Gasteiger partial charge < -0.3 is 9.84 Å². The quantitative estimate of drug-likeness (QED) is 0.782. The van der Waals surface area contributed by atoms with Gasteiger partial charge in [-0.15, -0.1) is 0 Å². The lowest BCUT2D eigenvalue weighted by molar-refractivity contribution is -0.185. The van der Waals surface area contributed by atoms with E-state index < -0.39 is 11.6 Å². The van der Waals surface area contributed by atoms with Crippen LogP contribution in [0.25, 0.3) is 0 Å². The molecular formula is C18H30O4. The van der Waals surface area contributed by atoms with Crippen LogP contribution in [0, 0.1) is 5.92 Å². The summed E-state index contributed by atoms with van der Waals surface area (Å²) in [4.78, 5) is 24.4. The molecule has 2 saturated carbocycles. The van der Waals surface area contributed by atoms with Crippen LogP contribution < -0.4 is 0 Å². The molecule has 2 rings (SSSR count). The molecule has 0 heterocycles. The minimum absolute atomic E-state index is 0.0954. The number of carboxylic acid groups (broad SMARTS) is 1. The monoisotopic (exact) mass is 310 g/mol. The van der Waals surface area contributed by atoms with Gasteiger partial charge in [-0.1, -0.05) is 51.4 Å². The first-order valence-electron chi connectivity index (χ1n) is 9.10. The van der Waals surface area contributed by atoms with Crippen molar-refractivity contribution in [2.45, 2.75) is 95.5 Å². The van der Waals surface area contributed by atoms with Crippen molar-refractivity contribution in [3.8, 4) is 0 Å². The number of hydrogen-bond acceptors (Lipinski definition) is 3. The Morgan fingerprint density at radius 2 is 1.23 bits per heavy atom. The summed E-state index contributed by atoms with van der Waals surface area (Å²) in [7, 11) is 0. The van der Waals surface area contributed by atoms with Crippen molar-refractivity contribution >= 4 is 11.9 Å². The lowest BCUT2D eigenvalue weighted by Crippen LogP contribution is -2.45. The first-order chi connectivity index (χ1) is 10.6. The van der Waals surface area contributed by atoms with Crippen LogP contribution in [0.15, 0.2) is 0 Å². The van der Waals surface area contributed by atoms with E-state index in [9.17, 15) is 14.7 Å². The molecule has 0 saturated heterocycles. The lowest BCUT2D eigenvalue weighted by Gasteiger charge is -2.32. The predicted octanol–water partition coefficient (Wildman–Crippen LogP) is 4.46. The van der Waals surface area contributed by atoms with E-state index in [-0.39, 0.29) is 11.9 Å². The van der Waals surface area contributed by atoms with E-state index in [1.165, 1.54) is 19.3 Å². The Morgan fingerprint density at radius 3 is 1.73 bits per heavy atom. The van der Waals surface area contributed by atoms with Crippen molar-refractivity contribution in [3.63, 3.8) is 0 Å². The minimum atomic E-state index is -1.26. The maximum Gasteiger partial charge on any atom is 0.348 e. The number of esters is 1. The number of carbonyl (C=O) groups excluding carboxylic acids is 1. The van der Waals surface area contributed by atoms with Gasteiger partial charge in [-0.2, -0.15) is 0 Å². The summed E-state index contributed by atoms with van der Waals surface area (Å²) in [6, 6.07) is 0. The second-order valence-electron chi connectivity index (χ2n) is 7.03. The molecule has 2 aliphatic carbocycles. The van der Waals surface area contributed by atoms with Crippen molar-refractivity contribution in [1.29, 1.82) is 0 Å². The van der Waals surface area contributed by atoms with E-state index in [4.69, 9.17) is 4.74 Å². The molecule has 0 amide bonds. The van der Waals surface area contributed by atoms with Crippen LogP contribution in [0.3, 0.4) is 0 Å². The Hall–Kier alpha value is -1.06. The van der Waals surface area contributed by atoms with Crippen molar-refractivity contribution in [2.24, 2.45) is 5.92 Å². The molecular weight excluding hydrogens is 280 g/mol. The van der Waals surface area contributed by atoms with Gasteiger partial charge in [-0.3, -0.25) is 4.79 Å². The summed E-state index contributed by atoms with van der Waals surface area (Å²) in [5.41, 5.74) is -1.26. The third kappa shape index (κ3) is 4.72. The molecule has 0 aromatic carbocycles. The number of carboxylic acids is 1. The van der Waals surface area contributed by atoms with E-state index in [0.29, 0.717) is 12.8 Å². The van der Waals surface area contributed by atoms with Crippen molar-refractivity contribution in [1.82, 2.24) is 0 Å². The van der Waals surface area contributed by atoms with Crippen LogP contribution >= 0.6 is 0 Å². The zero-order valence-electron chi connectivity index (χ0n) is 13.6. The van der Waals surface area contributed by atoms with E-state index in [1.54, 1.807) is 0 Å². The smallest absolute Gasteiger partial charge is 0.348 e. The molecule has 0 atom stereocenters. The van der Waals surface area contributed by atoms with Crippen LogP contribution in [0.1, 0.15) is 89.9 Å². The molecule has 0 spiro atoms. The van der Waals surface area contributed by atoms with Crippen LogP contribution in [-0.4, -0.2) is 22.6 Å². The zero-order valence-corrected chi connectivity index (χ0v) is 13.6. The topological polar surface area (TPSA) is 63.6 Å². The fourth-order valence-corrected chi connectivity index (χ4v) is 3.80. The largest absolute Gasteiger partial charge is 0.478 e. The highest BCUT2D eigenvalue weighted by molar-refractivity contribution is 5.82. The molecule has 2 aliphatic rings. The van der Waals surface area contributed by atoms with Crippen LogP contribution in [-0.2, 0) is 14.3 Å². The highest BCUT2D eigenvalue weighted by atomic mass is 16.6. The average Bonchev–Trinajstić information content (AvgIpc) is 2.41. The molecule has 0 aliphatic heterocycles. The van der Waals surface area contributed by atoms with E-state index in [1.807, 2.05) is 0 Å². The van der Waals surface area contributed by atoms with E-state index in [0.717, 1.165) is 57.8 Å². The van der Waals surface area contributed by atoms with Gasteiger partial charge in [-0.05, 0) is 38.5 Å². The van der Waals surface area contributed by atoms with Crippen molar-refractivity contribution in [3.05, 3.63) is 0 Å². The Balaban J connectivity index is 2.01. The molecule has 126 valence electrons. The van der Waals surface area contributed by atoms with E-state index >= 15 is 0 Å². The predicted molar refractivity (Wildman–Crippen MR) is 84.6 cm³/mol. The summed E-state index contributed by atoms with van der Waals surface area (Å²) in [5.74, 6) is -1.31. The first kappa shape index (κ1) is 17.3. The number of rotatable bonds is 3. The second-order valence-corrected chi connectivity index (χ2v) is 7.03. The van der Waals surface area contributed by atoms with Gasteiger partial charge >= 0.3 is 11.9 Å². The maximum atomic E-state index is 12.6. The molecule has 0 bridgehead atoms. The third-order valence-electron chi connectivity index (χ3n) is 5.29. The summed E-state index contributed by atoms with van der Waals surface area (Å²) >= 11 is 0. The van der Waals surface area contributed by atoms with Crippen molar-refractivity contribution < 1.29 is 19.4 Å². The van der Waals surface area contributed by atoms with Gasteiger partial charge in [0.1, 0.15) is 0 Å². The van der Waals surface area contributed by atoms with Gasteiger partial charge in [0.05, 0.1) is 5.92 Å². The van der Waals surface area contributed by atoms with Gasteiger partial charge in [0.15, 0.2) is 0 Å². The number of aliphatic carboxylic acids is 1. The summed E-state index contributed by atoms with van der Waals surface area (Å²) < 4.78 is 5.67. The molecule has 0 unspecified atom stereocenters. The normalized spacial score (nSPS) is 24.4. The Kier molecular flexibility index (Phi) is 6.71. The molecule has 1 N–H and O–H groups in total. The minimum Gasteiger partial charge on any atom is -0.478 e. The second kappa shape index (κ2) is 8.54. The van der Waals surface area contributed by atoms with Gasteiger partial charge in [0, 0.05) is 0 Å². The number of ether oxygens (including phenoxy) is 1. The molecule has 4 nitrogen and oxygen atoms in total. The van der Waals surface area contributed by atoms with Crippen LogP contribution in [0.5, 0.6) is 0 Å². The number of hydrogen-bond donors (Lipinski definition) is 1. The third-order valence-corrected chi connectivity index (χ3v) is 5.29. The van der Waals surface area contributed by atoms with Gasteiger partial charge in [0.2, 0.25) is 5.60 Å². The molecule has 4 heteroatoms. The summed E-state index contributed by atoms with van der Waals surface area (Å²) in [6.07, 6.45) is 13.3. The SMILES string of the molecule is O=C(OC1(C(=O)O)CCCCCCC1)C1CCCCCCC1. The number of carbonyl (C=O) groups is 2. The summed E-state index contributed by atoms with van der Waals surface area (Å²) in [5, 5.41) is 9.68. The molecule has 0 aromatic rings. The zero-order chi connectivity index (χ0) is 15.8. The van der Waals surface area contributed by atoms with Crippen molar-refractivity contribution in [2.75, 3.05) is 0 Å². The molecule has 22 heavy (non-hydrogen) atoms. The standard InChI is InChI=1S/C18H30O4/c19-16(15-11-7-3-1-4-8-12-15)22-18(17(20)21)13-9-5-2-6-10-14-18/h15H,1-14H2,(H,20,21). The van der Waals surface area contributed by atoms with Crippen LogP contribution in [0.4, 0.5) is 0 Å². The average molecular weight is 310 g/mol. The highest BCUT2D eigenvalue weighted by Gasteiger charge is 2.43. The Bertz CT molecular complexity index is 361. The summed E-state index contributed by atoms with van der Waals surface area (Å²) in [6.45, 7) is 0. The molecule has 0 radical (unpaired) electrons. The first-order valence-corrected chi connectivity index (χ1v) is 9.10. The van der Waals surface area contributed by atoms with E-state index in [2.05, 4.69) is 0 Å². The highest BCUT2D eigenvalue weighted by Crippen LogP contribution is 2.33. The molecule has 0 aromatic heterocycles. The van der Waals surface area contributed by atoms with Gasteiger partial charge in [0.25, 0.3) is 0 Å².